The maximum Gasteiger partial charge on any atom is 0.0577 e. The van der Waals surface area contributed by atoms with Gasteiger partial charge in [0, 0.05) is 5.97 Å². The van der Waals surface area contributed by atoms with Gasteiger partial charge in [0.15, 0.2) is 0 Å². The summed E-state index contributed by atoms with van der Waals surface area (Å²) in [6.45, 7) is 7.11. The molecule has 10 atom stereocenters. The van der Waals surface area contributed by atoms with E-state index in [-0.39, 0.29) is 29.5 Å². The van der Waals surface area contributed by atoms with Gasteiger partial charge in [-0.1, -0.05) is 20.8 Å². The molecule has 160 valence electrons. The Kier molecular flexibility index (Phi) is 5.36. The zero-order valence-electron chi connectivity index (χ0n) is 17.9. The van der Waals surface area contributed by atoms with Crippen LogP contribution < -0.4 is 5.11 Å². The fourth-order valence-electron chi connectivity index (χ4n) is 8.72. The maximum atomic E-state index is 11.2. The molecule has 0 amide bonds. The molecule has 0 radical (unpaired) electrons. The molecule has 0 saturated heterocycles. The van der Waals surface area contributed by atoms with Gasteiger partial charge >= 0.3 is 0 Å². The molecule has 0 unspecified atom stereocenters. The van der Waals surface area contributed by atoms with Gasteiger partial charge in [0.2, 0.25) is 0 Å². The highest BCUT2D eigenvalue weighted by Crippen LogP contribution is 2.68. The summed E-state index contributed by atoms with van der Waals surface area (Å²) in [6.07, 6.45) is 8.91. The Morgan fingerprint density at radius 1 is 1.04 bits per heavy atom. The van der Waals surface area contributed by atoms with Crippen molar-refractivity contribution < 1.29 is 20.1 Å². The van der Waals surface area contributed by atoms with Gasteiger partial charge in [0.1, 0.15) is 0 Å². The molecule has 0 aromatic heterocycles. The number of rotatable bonds is 4. The van der Waals surface area contributed by atoms with Crippen LogP contribution in [0, 0.1) is 46.3 Å². The molecule has 0 aromatic rings. The Labute approximate surface area is 170 Å². The van der Waals surface area contributed by atoms with Crippen LogP contribution in [0.2, 0.25) is 0 Å². The number of aliphatic hydroxyl groups excluding tert-OH is 2. The van der Waals surface area contributed by atoms with Crippen LogP contribution in [0.4, 0.5) is 0 Å². The Balaban J connectivity index is 1.55. The first-order valence-electron chi connectivity index (χ1n) is 11.7. The van der Waals surface area contributed by atoms with Gasteiger partial charge in [0.25, 0.3) is 0 Å². The zero-order chi connectivity index (χ0) is 20.3. The van der Waals surface area contributed by atoms with Crippen LogP contribution in [0.25, 0.3) is 0 Å². The molecule has 0 aromatic carbocycles. The predicted molar refractivity (Wildman–Crippen MR) is 106 cm³/mol. The van der Waals surface area contributed by atoms with Crippen molar-refractivity contribution in [3.8, 4) is 0 Å². The van der Waals surface area contributed by atoms with E-state index in [1.54, 1.807) is 0 Å². The van der Waals surface area contributed by atoms with Crippen molar-refractivity contribution in [3.05, 3.63) is 0 Å². The van der Waals surface area contributed by atoms with Crippen LogP contribution in [-0.2, 0) is 4.79 Å². The van der Waals surface area contributed by atoms with Gasteiger partial charge in [-0.25, -0.2) is 0 Å². The lowest BCUT2D eigenvalue weighted by Gasteiger charge is -2.62. The normalized spacial score (nSPS) is 51.7. The lowest BCUT2D eigenvalue weighted by Crippen LogP contribution is -2.58. The van der Waals surface area contributed by atoms with Crippen molar-refractivity contribution >= 4 is 5.97 Å². The molecule has 0 heterocycles. The molecule has 4 fully saturated rings. The first kappa shape index (κ1) is 20.7. The summed E-state index contributed by atoms with van der Waals surface area (Å²) in [7, 11) is 0. The van der Waals surface area contributed by atoms with Gasteiger partial charge in [-0.05, 0) is 111 Å². The standard InChI is InChI=1S/C24H40O4/c1-14(4-7-21(27)28)17-5-6-18-22-19(9-11-24(17,18)3)23(2)10-8-16(25)12-15(23)13-20(22)26/h14-20,22,25-26H,4-13H2,1-3H3,(H,27,28)/p-1/t14-,15-,16+,17+,18+,19-,20-,22-,23+,24-/m1/s1. The lowest BCUT2D eigenvalue weighted by atomic mass is 9.43. The Hall–Kier alpha value is -0.610. The monoisotopic (exact) mass is 391 g/mol. The third-order valence-corrected chi connectivity index (χ3v) is 10.2. The van der Waals surface area contributed by atoms with E-state index in [0.29, 0.717) is 41.9 Å². The van der Waals surface area contributed by atoms with Crippen molar-refractivity contribution in [3.63, 3.8) is 0 Å². The summed E-state index contributed by atoms with van der Waals surface area (Å²) >= 11 is 0. The third kappa shape index (κ3) is 3.14. The highest BCUT2D eigenvalue weighted by molar-refractivity contribution is 5.64. The minimum Gasteiger partial charge on any atom is -0.550 e. The van der Waals surface area contributed by atoms with E-state index in [4.69, 9.17) is 0 Å². The summed E-state index contributed by atoms with van der Waals surface area (Å²) in [5.41, 5.74) is 0.494. The van der Waals surface area contributed by atoms with Gasteiger partial charge in [0.05, 0.1) is 12.2 Å². The minimum atomic E-state index is -0.934. The molecule has 4 aliphatic rings. The van der Waals surface area contributed by atoms with Gasteiger partial charge < -0.3 is 20.1 Å². The van der Waals surface area contributed by atoms with Crippen LogP contribution >= 0.6 is 0 Å². The van der Waals surface area contributed by atoms with Gasteiger partial charge in [-0.15, -0.1) is 0 Å². The smallest absolute Gasteiger partial charge is 0.0577 e. The van der Waals surface area contributed by atoms with Crippen molar-refractivity contribution in [2.45, 2.75) is 97.2 Å². The van der Waals surface area contributed by atoms with E-state index >= 15 is 0 Å². The summed E-state index contributed by atoms with van der Waals surface area (Å²) in [6, 6.07) is 0. The molecule has 4 heteroatoms. The molecule has 4 saturated carbocycles. The molecule has 0 spiro atoms. The van der Waals surface area contributed by atoms with Crippen LogP contribution in [0.1, 0.15) is 85.0 Å². The summed E-state index contributed by atoms with van der Waals surface area (Å²) in [5.74, 6) is 1.99. The van der Waals surface area contributed by atoms with E-state index in [1.165, 1.54) is 25.7 Å². The number of aliphatic hydroxyl groups is 2. The Morgan fingerprint density at radius 2 is 1.71 bits per heavy atom. The fraction of sp³-hybridized carbons (Fsp3) is 0.958. The largest absolute Gasteiger partial charge is 0.550 e. The predicted octanol–water partition coefficient (Wildman–Crippen LogP) is 3.14. The van der Waals surface area contributed by atoms with E-state index in [9.17, 15) is 20.1 Å². The molecule has 4 rings (SSSR count). The second-order valence-corrected chi connectivity index (χ2v) is 11.3. The van der Waals surface area contributed by atoms with Gasteiger partial charge in [-0.2, -0.15) is 0 Å². The fourth-order valence-corrected chi connectivity index (χ4v) is 8.72. The quantitative estimate of drug-likeness (QED) is 0.771. The third-order valence-electron chi connectivity index (χ3n) is 10.2. The number of carbonyl (C=O) groups excluding carboxylic acids is 1. The molecular formula is C24H39O4-. The van der Waals surface area contributed by atoms with Gasteiger partial charge in [-0.3, -0.25) is 0 Å². The van der Waals surface area contributed by atoms with E-state index in [0.717, 1.165) is 25.7 Å². The molecule has 0 bridgehead atoms. The molecule has 0 aliphatic heterocycles. The number of hydrogen-bond acceptors (Lipinski definition) is 4. The molecule has 28 heavy (non-hydrogen) atoms. The first-order valence-corrected chi connectivity index (χ1v) is 11.7. The number of carbonyl (C=O) groups is 1. The molecule has 2 N–H and O–H groups in total. The summed E-state index contributed by atoms with van der Waals surface area (Å²) < 4.78 is 0. The number of fused-ring (bicyclic) bond motifs is 5. The molecule has 4 aliphatic carbocycles. The van der Waals surface area contributed by atoms with Crippen molar-refractivity contribution in [2.75, 3.05) is 0 Å². The average Bonchev–Trinajstić information content (AvgIpc) is 2.98. The van der Waals surface area contributed by atoms with E-state index in [2.05, 4.69) is 20.8 Å². The van der Waals surface area contributed by atoms with Crippen LogP contribution in [0.5, 0.6) is 0 Å². The molecule has 4 nitrogen and oxygen atoms in total. The summed E-state index contributed by atoms with van der Waals surface area (Å²) in [4.78, 5) is 10.9. The lowest BCUT2D eigenvalue weighted by molar-refractivity contribution is -0.306. The highest BCUT2D eigenvalue weighted by atomic mass is 16.4. The SMILES string of the molecule is C[C@H](CCC(=O)[O-])[C@@H]1CC[C@H]2[C@H]3[C@H](O)C[C@H]4C[C@@H](O)CC[C@]4(C)[C@@H]3CC[C@@]21C. The van der Waals surface area contributed by atoms with E-state index < -0.39 is 5.97 Å². The van der Waals surface area contributed by atoms with Crippen molar-refractivity contribution in [1.82, 2.24) is 0 Å². The Morgan fingerprint density at radius 3 is 2.43 bits per heavy atom. The Bertz CT molecular complexity index is 605. The van der Waals surface area contributed by atoms with Crippen LogP contribution in [0.3, 0.4) is 0 Å². The first-order chi connectivity index (χ1) is 13.2. The minimum absolute atomic E-state index is 0.162. The van der Waals surface area contributed by atoms with E-state index in [1.807, 2.05) is 0 Å². The second-order valence-electron chi connectivity index (χ2n) is 11.3. The van der Waals surface area contributed by atoms with Crippen LogP contribution in [-0.4, -0.2) is 28.4 Å². The van der Waals surface area contributed by atoms with Crippen molar-refractivity contribution in [2.24, 2.45) is 46.3 Å². The number of carboxylic acids is 1. The summed E-state index contributed by atoms with van der Waals surface area (Å²) in [5, 5.41) is 32.4. The maximum absolute atomic E-state index is 11.2. The van der Waals surface area contributed by atoms with Crippen LogP contribution in [0.15, 0.2) is 0 Å². The topological polar surface area (TPSA) is 80.6 Å². The second kappa shape index (κ2) is 7.27. The highest BCUT2D eigenvalue weighted by Gasteiger charge is 2.62. The number of aliphatic carboxylic acids is 1. The zero-order valence-corrected chi connectivity index (χ0v) is 17.9. The number of hydrogen-bond donors (Lipinski definition) is 2. The molecular weight excluding hydrogens is 352 g/mol. The van der Waals surface area contributed by atoms with Crippen molar-refractivity contribution in [1.29, 1.82) is 0 Å². The average molecular weight is 392 g/mol. The number of carboxylic acid groups (broad SMARTS) is 1.